The molecule has 150 valence electrons. The van der Waals surface area contributed by atoms with E-state index in [-0.39, 0.29) is 17.7 Å². The Morgan fingerprint density at radius 3 is 2.03 bits per heavy atom. The fourth-order valence-electron chi connectivity index (χ4n) is 4.38. The van der Waals surface area contributed by atoms with Gasteiger partial charge < -0.3 is 4.90 Å². The molecule has 3 aromatic carbocycles. The molecule has 0 spiro atoms. The Hall–Kier alpha value is -3.39. The fourth-order valence-corrected chi connectivity index (χ4v) is 4.38. The highest BCUT2D eigenvalue weighted by Gasteiger charge is 2.38. The molecule has 1 heterocycles. The van der Waals surface area contributed by atoms with Gasteiger partial charge in [-0.3, -0.25) is 4.79 Å². The normalized spacial score (nSPS) is 19.5. The average molecular weight is 394 g/mol. The molecule has 0 saturated carbocycles. The van der Waals surface area contributed by atoms with Crippen LogP contribution >= 0.6 is 0 Å². The van der Waals surface area contributed by atoms with E-state index in [0.717, 1.165) is 11.3 Å². The summed E-state index contributed by atoms with van der Waals surface area (Å²) in [6.45, 7) is 4.71. The van der Waals surface area contributed by atoms with Gasteiger partial charge in [0.15, 0.2) is 0 Å². The molecule has 0 radical (unpaired) electrons. The van der Waals surface area contributed by atoms with Crippen molar-refractivity contribution in [3.05, 3.63) is 119 Å². The first-order valence-corrected chi connectivity index (χ1v) is 10.5. The lowest BCUT2D eigenvalue weighted by Crippen LogP contribution is -2.41. The standard InChI is InChI=1S/C28H27NO/c1-21-26(24-16-8-4-9-17-24)27(25-18-10-5-11-19-25)22(2)29(28(21)30)20-12-15-23-13-6-3-7-14-23/h3-19,21,26H,20H2,1-2H3/b15-12+/t21-,26-/m1/s1. The van der Waals surface area contributed by atoms with Gasteiger partial charge in [-0.1, -0.05) is 110 Å². The van der Waals surface area contributed by atoms with Gasteiger partial charge in [-0.05, 0) is 29.2 Å². The molecule has 0 unspecified atom stereocenters. The number of carbonyl (C=O) groups excluding carboxylic acids is 1. The van der Waals surface area contributed by atoms with Gasteiger partial charge in [-0.15, -0.1) is 0 Å². The van der Waals surface area contributed by atoms with Crippen molar-refractivity contribution in [2.45, 2.75) is 19.8 Å². The van der Waals surface area contributed by atoms with Crippen molar-refractivity contribution in [2.75, 3.05) is 6.54 Å². The highest BCUT2D eigenvalue weighted by molar-refractivity contribution is 5.92. The molecule has 2 heteroatoms. The lowest BCUT2D eigenvalue weighted by atomic mass is 9.74. The molecule has 1 amide bonds. The quantitative estimate of drug-likeness (QED) is 0.492. The Balaban J connectivity index is 1.75. The van der Waals surface area contributed by atoms with E-state index >= 15 is 0 Å². The average Bonchev–Trinajstić information content (AvgIpc) is 2.80. The van der Waals surface area contributed by atoms with Crippen LogP contribution < -0.4 is 0 Å². The maximum atomic E-state index is 13.4. The summed E-state index contributed by atoms with van der Waals surface area (Å²) >= 11 is 0. The number of hydrogen-bond donors (Lipinski definition) is 0. The van der Waals surface area contributed by atoms with Crippen LogP contribution in [0.15, 0.2) is 103 Å². The zero-order valence-electron chi connectivity index (χ0n) is 17.5. The summed E-state index contributed by atoms with van der Waals surface area (Å²) in [5.41, 5.74) is 5.79. The predicted molar refractivity (Wildman–Crippen MR) is 125 cm³/mol. The molecule has 3 aromatic rings. The molecule has 0 aromatic heterocycles. The third-order valence-electron chi connectivity index (χ3n) is 5.90. The monoisotopic (exact) mass is 393 g/mol. The molecule has 0 saturated heterocycles. The number of rotatable bonds is 5. The van der Waals surface area contributed by atoms with Crippen molar-refractivity contribution in [1.29, 1.82) is 0 Å². The number of benzene rings is 3. The van der Waals surface area contributed by atoms with E-state index in [4.69, 9.17) is 0 Å². The second-order valence-electron chi connectivity index (χ2n) is 7.80. The maximum absolute atomic E-state index is 13.4. The number of hydrogen-bond acceptors (Lipinski definition) is 1. The Morgan fingerprint density at radius 1 is 0.833 bits per heavy atom. The van der Waals surface area contributed by atoms with Gasteiger partial charge in [0.2, 0.25) is 5.91 Å². The molecule has 1 aliphatic heterocycles. The molecule has 0 N–H and O–H groups in total. The Bertz CT molecular complexity index is 1050. The minimum absolute atomic E-state index is 0.0513. The molecule has 2 atom stereocenters. The van der Waals surface area contributed by atoms with E-state index in [1.54, 1.807) is 0 Å². The Labute approximate surface area is 179 Å². The molecule has 30 heavy (non-hydrogen) atoms. The second-order valence-corrected chi connectivity index (χ2v) is 7.80. The topological polar surface area (TPSA) is 20.3 Å². The van der Waals surface area contributed by atoms with Crippen molar-refractivity contribution >= 4 is 17.6 Å². The zero-order chi connectivity index (χ0) is 20.9. The van der Waals surface area contributed by atoms with Crippen LogP contribution in [0.5, 0.6) is 0 Å². The fraction of sp³-hybridized carbons (Fsp3) is 0.179. The molecule has 0 aliphatic carbocycles. The second kappa shape index (κ2) is 8.96. The molecule has 4 rings (SSSR count). The van der Waals surface area contributed by atoms with Crippen molar-refractivity contribution in [1.82, 2.24) is 4.90 Å². The van der Waals surface area contributed by atoms with Crippen LogP contribution in [-0.2, 0) is 4.79 Å². The lowest BCUT2D eigenvalue weighted by Gasteiger charge is -2.39. The maximum Gasteiger partial charge on any atom is 0.230 e. The van der Waals surface area contributed by atoms with Gasteiger partial charge in [0.1, 0.15) is 0 Å². The van der Waals surface area contributed by atoms with Crippen LogP contribution in [0.4, 0.5) is 0 Å². The van der Waals surface area contributed by atoms with Crippen LogP contribution in [0.25, 0.3) is 11.6 Å². The molecule has 0 fully saturated rings. The molecular weight excluding hydrogens is 366 g/mol. The third kappa shape index (κ3) is 3.99. The zero-order valence-corrected chi connectivity index (χ0v) is 17.5. The summed E-state index contributed by atoms with van der Waals surface area (Å²) in [5, 5.41) is 0. The molecule has 0 bridgehead atoms. The smallest absolute Gasteiger partial charge is 0.230 e. The van der Waals surface area contributed by atoms with Crippen molar-refractivity contribution < 1.29 is 4.79 Å². The molecule has 2 nitrogen and oxygen atoms in total. The number of nitrogens with zero attached hydrogens (tertiary/aromatic N) is 1. The Morgan fingerprint density at radius 2 is 1.40 bits per heavy atom. The number of carbonyl (C=O) groups is 1. The van der Waals surface area contributed by atoms with E-state index in [9.17, 15) is 4.79 Å². The van der Waals surface area contributed by atoms with Gasteiger partial charge in [-0.2, -0.15) is 0 Å². The summed E-state index contributed by atoms with van der Waals surface area (Å²) < 4.78 is 0. The predicted octanol–water partition coefficient (Wildman–Crippen LogP) is 6.39. The van der Waals surface area contributed by atoms with Crippen LogP contribution in [0.1, 0.15) is 36.5 Å². The van der Waals surface area contributed by atoms with E-state index < -0.39 is 0 Å². The number of allylic oxidation sites excluding steroid dienone is 2. The summed E-state index contributed by atoms with van der Waals surface area (Å²) in [6.07, 6.45) is 4.16. The SMILES string of the molecule is CC1=C(c2ccccc2)[C@@H](c2ccccc2)[C@@H](C)C(=O)N1C/C=C/c1ccccc1. The Kier molecular flexibility index (Phi) is 5.94. The first kappa shape index (κ1) is 19.9. The summed E-state index contributed by atoms with van der Waals surface area (Å²) in [6, 6.07) is 31.1. The highest BCUT2D eigenvalue weighted by Crippen LogP contribution is 2.45. The summed E-state index contributed by atoms with van der Waals surface area (Å²) in [5.74, 6) is 0.102. The van der Waals surface area contributed by atoms with E-state index in [1.165, 1.54) is 16.7 Å². The van der Waals surface area contributed by atoms with Gasteiger partial charge in [-0.25, -0.2) is 0 Å². The van der Waals surface area contributed by atoms with Crippen LogP contribution in [-0.4, -0.2) is 17.4 Å². The third-order valence-corrected chi connectivity index (χ3v) is 5.90. The van der Waals surface area contributed by atoms with Crippen molar-refractivity contribution in [3.8, 4) is 0 Å². The van der Waals surface area contributed by atoms with Crippen LogP contribution in [0, 0.1) is 5.92 Å². The van der Waals surface area contributed by atoms with Crippen LogP contribution in [0.3, 0.4) is 0 Å². The minimum Gasteiger partial charge on any atom is -0.312 e. The molecule has 1 aliphatic rings. The summed E-state index contributed by atoms with van der Waals surface area (Å²) in [7, 11) is 0. The van der Waals surface area contributed by atoms with Gasteiger partial charge >= 0.3 is 0 Å². The van der Waals surface area contributed by atoms with Gasteiger partial charge in [0.25, 0.3) is 0 Å². The number of amides is 1. The van der Waals surface area contributed by atoms with Crippen molar-refractivity contribution in [3.63, 3.8) is 0 Å². The summed E-state index contributed by atoms with van der Waals surface area (Å²) in [4.78, 5) is 15.3. The first-order valence-electron chi connectivity index (χ1n) is 10.5. The van der Waals surface area contributed by atoms with E-state index in [2.05, 4.69) is 86.7 Å². The molecular formula is C28H27NO. The van der Waals surface area contributed by atoms with Crippen molar-refractivity contribution in [2.24, 2.45) is 5.92 Å². The van der Waals surface area contributed by atoms with E-state index in [1.807, 2.05) is 35.2 Å². The van der Waals surface area contributed by atoms with Gasteiger partial charge in [0, 0.05) is 24.1 Å². The lowest BCUT2D eigenvalue weighted by molar-refractivity contribution is -0.133. The first-order chi connectivity index (χ1) is 14.7. The van der Waals surface area contributed by atoms with Crippen LogP contribution in [0.2, 0.25) is 0 Å². The largest absolute Gasteiger partial charge is 0.312 e. The highest BCUT2D eigenvalue weighted by atomic mass is 16.2. The van der Waals surface area contributed by atoms with Gasteiger partial charge in [0.05, 0.1) is 0 Å². The van der Waals surface area contributed by atoms with E-state index in [0.29, 0.717) is 6.54 Å². The minimum atomic E-state index is -0.128.